The quantitative estimate of drug-likeness (QED) is 0.666. The van der Waals surface area contributed by atoms with Gasteiger partial charge in [-0.15, -0.1) is 0 Å². The van der Waals surface area contributed by atoms with Gasteiger partial charge in [0.2, 0.25) is 0 Å². The van der Waals surface area contributed by atoms with Crippen molar-refractivity contribution in [2.45, 2.75) is 25.3 Å². The normalized spacial score (nSPS) is 32.0. The van der Waals surface area contributed by atoms with E-state index in [4.69, 9.17) is 0 Å². The van der Waals surface area contributed by atoms with Crippen LogP contribution in [0.2, 0.25) is 0 Å². The highest BCUT2D eigenvalue weighted by Crippen LogP contribution is 2.16. The van der Waals surface area contributed by atoms with Crippen molar-refractivity contribution >= 4 is 0 Å². The van der Waals surface area contributed by atoms with Gasteiger partial charge in [-0.25, -0.2) is 0 Å². The summed E-state index contributed by atoms with van der Waals surface area (Å²) in [5.74, 6) is 0. The molecule has 0 aromatic carbocycles. The van der Waals surface area contributed by atoms with Gasteiger partial charge in [-0.05, 0) is 53.0 Å². The molecule has 2 saturated heterocycles. The van der Waals surface area contributed by atoms with Crippen LogP contribution in [-0.2, 0) is 0 Å². The molecule has 3 nitrogen and oxygen atoms in total. The van der Waals surface area contributed by atoms with E-state index in [9.17, 15) is 0 Å². The van der Waals surface area contributed by atoms with E-state index in [1.54, 1.807) is 0 Å². The number of likely N-dealkylation sites (tertiary alicyclic amines) is 1. The van der Waals surface area contributed by atoms with Crippen molar-refractivity contribution in [3.63, 3.8) is 0 Å². The van der Waals surface area contributed by atoms with E-state index in [1.165, 1.54) is 58.5 Å². The molecule has 0 N–H and O–H groups in total. The molecule has 2 rings (SSSR count). The minimum Gasteiger partial charge on any atom is -0.305 e. The van der Waals surface area contributed by atoms with Crippen LogP contribution in [0.15, 0.2) is 0 Å². The average Bonchev–Trinajstić information content (AvgIpc) is 2.48. The Kier molecular flexibility index (Phi) is 4.00. The Morgan fingerprint density at radius 1 is 0.933 bits per heavy atom. The molecule has 2 aliphatic heterocycles. The molecule has 0 spiro atoms. The molecule has 0 radical (unpaired) electrons. The molecule has 3 heteroatoms. The van der Waals surface area contributed by atoms with Gasteiger partial charge in [0.15, 0.2) is 0 Å². The van der Waals surface area contributed by atoms with Crippen molar-refractivity contribution in [1.29, 1.82) is 0 Å². The summed E-state index contributed by atoms with van der Waals surface area (Å²) in [6.45, 7) is 7.69. The Bertz CT molecular complexity index is 195. The van der Waals surface area contributed by atoms with Gasteiger partial charge in [0.1, 0.15) is 0 Å². The first-order valence-electron chi connectivity index (χ1n) is 6.37. The Morgan fingerprint density at radius 3 is 2.53 bits per heavy atom. The molecule has 0 amide bonds. The molecule has 0 aromatic rings. The summed E-state index contributed by atoms with van der Waals surface area (Å²) in [5, 5.41) is 0. The van der Waals surface area contributed by atoms with Crippen LogP contribution in [0.3, 0.4) is 0 Å². The largest absolute Gasteiger partial charge is 0.305 e. The third-order valence-corrected chi connectivity index (χ3v) is 3.95. The van der Waals surface area contributed by atoms with Crippen LogP contribution in [0.25, 0.3) is 0 Å². The summed E-state index contributed by atoms with van der Waals surface area (Å²) in [6.07, 6.45) is 4.14. The van der Waals surface area contributed by atoms with E-state index >= 15 is 0 Å². The molecule has 0 bridgehead atoms. The summed E-state index contributed by atoms with van der Waals surface area (Å²) in [5.41, 5.74) is 0. The molecule has 1 atom stereocenters. The number of likely N-dealkylation sites (N-methyl/N-ethyl adjacent to an activating group) is 2. The van der Waals surface area contributed by atoms with E-state index in [-0.39, 0.29) is 0 Å². The molecular formula is C12H25N3. The van der Waals surface area contributed by atoms with Crippen LogP contribution in [-0.4, -0.2) is 74.1 Å². The molecule has 1 unspecified atom stereocenters. The minimum absolute atomic E-state index is 0.827. The standard InChI is InChI=1S/C12H25N3/c1-13-6-4-8-15(10-9-13)11-12-5-3-7-14(12)2/h12H,3-11H2,1-2H3. The van der Waals surface area contributed by atoms with Crippen LogP contribution in [0.4, 0.5) is 0 Å². The van der Waals surface area contributed by atoms with E-state index in [2.05, 4.69) is 28.8 Å². The summed E-state index contributed by atoms with van der Waals surface area (Å²) in [6, 6.07) is 0.827. The predicted octanol–water partition coefficient (Wildman–Crippen LogP) is 0.718. The minimum atomic E-state index is 0.827. The Morgan fingerprint density at radius 2 is 1.80 bits per heavy atom. The SMILES string of the molecule is CN1CCCN(CC2CCCN2C)CC1. The lowest BCUT2D eigenvalue weighted by Gasteiger charge is -2.27. The third-order valence-electron chi connectivity index (χ3n) is 3.95. The second kappa shape index (κ2) is 5.28. The highest BCUT2D eigenvalue weighted by Gasteiger charge is 2.23. The predicted molar refractivity (Wildman–Crippen MR) is 64.2 cm³/mol. The lowest BCUT2D eigenvalue weighted by molar-refractivity contribution is 0.197. The van der Waals surface area contributed by atoms with Crippen molar-refractivity contribution in [2.24, 2.45) is 0 Å². The lowest BCUT2D eigenvalue weighted by atomic mass is 10.2. The molecule has 15 heavy (non-hydrogen) atoms. The Hall–Kier alpha value is -0.120. The Labute approximate surface area is 94.0 Å². The fraction of sp³-hybridized carbons (Fsp3) is 1.00. The van der Waals surface area contributed by atoms with Gasteiger partial charge in [-0.1, -0.05) is 0 Å². The molecule has 88 valence electrons. The maximum Gasteiger partial charge on any atom is 0.0220 e. The van der Waals surface area contributed by atoms with Gasteiger partial charge in [-0.3, -0.25) is 0 Å². The maximum atomic E-state index is 2.66. The van der Waals surface area contributed by atoms with Gasteiger partial charge in [0.05, 0.1) is 0 Å². The number of hydrogen-bond donors (Lipinski definition) is 0. The van der Waals surface area contributed by atoms with E-state index in [0.29, 0.717) is 0 Å². The zero-order chi connectivity index (χ0) is 10.7. The van der Waals surface area contributed by atoms with Gasteiger partial charge in [-0.2, -0.15) is 0 Å². The van der Waals surface area contributed by atoms with Gasteiger partial charge in [0.25, 0.3) is 0 Å². The second-order valence-corrected chi connectivity index (χ2v) is 5.23. The number of nitrogens with zero attached hydrogens (tertiary/aromatic N) is 3. The van der Waals surface area contributed by atoms with Crippen LogP contribution in [0, 0.1) is 0 Å². The first-order valence-corrected chi connectivity index (χ1v) is 6.37. The van der Waals surface area contributed by atoms with E-state index in [1.807, 2.05) is 0 Å². The monoisotopic (exact) mass is 211 g/mol. The molecule has 0 saturated carbocycles. The topological polar surface area (TPSA) is 9.72 Å². The van der Waals surface area contributed by atoms with Gasteiger partial charge < -0.3 is 14.7 Å². The highest BCUT2D eigenvalue weighted by molar-refractivity contribution is 4.80. The van der Waals surface area contributed by atoms with Gasteiger partial charge >= 0.3 is 0 Å². The summed E-state index contributed by atoms with van der Waals surface area (Å²) in [4.78, 5) is 7.66. The van der Waals surface area contributed by atoms with Crippen molar-refractivity contribution in [3.8, 4) is 0 Å². The smallest absolute Gasteiger partial charge is 0.0220 e. The van der Waals surface area contributed by atoms with Crippen molar-refractivity contribution in [2.75, 3.05) is 53.4 Å². The molecular weight excluding hydrogens is 186 g/mol. The molecule has 0 aromatic heterocycles. The summed E-state index contributed by atoms with van der Waals surface area (Å²) < 4.78 is 0. The fourth-order valence-corrected chi connectivity index (χ4v) is 2.79. The van der Waals surface area contributed by atoms with E-state index < -0.39 is 0 Å². The molecule has 2 aliphatic rings. The second-order valence-electron chi connectivity index (χ2n) is 5.23. The van der Waals surface area contributed by atoms with E-state index in [0.717, 1.165) is 6.04 Å². The first kappa shape index (κ1) is 11.4. The fourth-order valence-electron chi connectivity index (χ4n) is 2.79. The zero-order valence-electron chi connectivity index (χ0n) is 10.3. The molecule has 0 aliphatic carbocycles. The van der Waals surface area contributed by atoms with Crippen molar-refractivity contribution in [3.05, 3.63) is 0 Å². The number of hydrogen-bond acceptors (Lipinski definition) is 3. The van der Waals surface area contributed by atoms with Crippen LogP contribution in [0.1, 0.15) is 19.3 Å². The average molecular weight is 211 g/mol. The van der Waals surface area contributed by atoms with Crippen molar-refractivity contribution < 1.29 is 0 Å². The van der Waals surface area contributed by atoms with Crippen LogP contribution < -0.4 is 0 Å². The van der Waals surface area contributed by atoms with Gasteiger partial charge in [0, 0.05) is 25.7 Å². The summed E-state index contributed by atoms with van der Waals surface area (Å²) in [7, 11) is 4.52. The van der Waals surface area contributed by atoms with Crippen molar-refractivity contribution in [1.82, 2.24) is 14.7 Å². The highest BCUT2D eigenvalue weighted by atomic mass is 15.2. The van der Waals surface area contributed by atoms with Crippen LogP contribution in [0.5, 0.6) is 0 Å². The first-order chi connectivity index (χ1) is 7.25. The maximum absolute atomic E-state index is 2.66. The molecule has 2 fully saturated rings. The Balaban J connectivity index is 1.78. The number of rotatable bonds is 2. The van der Waals surface area contributed by atoms with Crippen LogP contribution >= 0.6 is 0 Å². The zero-order valence-corrected chi connectivity index (χ0v) is 10.3. The third kappa shape index (κ3) is 3.16. The molecule has 2 heterocycles. The lowest BCUT2D eigenvalue weighted by Crippen LogP contribution is -2.40. The summed E-state index contributed by atoms with van der Waals surface area (Å²) >= 11 is 0.